The third-order valence-electron chi connectivity index (χ3n) is 4.95. The van der Waals surface area contributed by atoms with Crippen molar-refractivity contribution in [2.45, 2.75) is 28.9 Å². The molecule has 1 heterocycles. The van der Waals surface area contributed by atoms with Gasteiger partial charge in [0, 0.05) is 0 Å². The highest BCUT2D eigenvalue weighted by Gasteiger charge is 2.53. The summed E-state index contributed by atoms with van der Waals surface area (Å²) in [4.78, 5) is 24.4. The van der Waals surface area contributed by atoms with Crippen LogP contribution in [0.2, 0.25) is 5.02 Å². The number of likely N-dealkylation sites (tertiary alicyclic amines) is 1. The first-order valence-corrected chi connectivity index (χ1v) is 9.93. The Hall–Kier alpha value is -1.81. The number of amides is 1. The molecule has 6 nitrogen and oxygen atoms in total. The highest BCUT2D eigenvalue weighted by atomic mass is 35.5. The van der Waals surface area contributed by atoms with Gasteiger partial charge < -0.3 is 10.0 Å². The van der Waals surface area contributed by atoms with E-state index in [-0.39, 0.29) is 22.8 Å². The fourth-order valence-electron chi connectivity index (χ4n) is 3.58. The Morgan fingerprint density at radius 1 is 1.19 bits per heavy atom. The summed E-state index contributed by atoms with van der Waals surface area (Å²) in [5.74, 6) is -8.45. The Kier molecular flexibility index (Phi) is 4.92. The van der Waals surface area contributed by atoms with Crippen LogP contribution in [0.15, 0.2) is 23.1 Å². The van der Waals surface area contributed by atoms with Crippen molar-refractivity contribution in [3.63, 3.8) is 0 Å². The second kappa shape index (κ2) is 6.66. The average molecular weight is 426 g/mol. The number of alkyl halides is 2. The summed E-state index contributed by atoms with van der Waals surface area (Å²) in [5, 5.41) is 7.78. The molecule has 3 atom stereocenters. The van der Waals surface area contributed by atoms with Gasteiger partial charge in [0.2, 0.25) is 5.91 Å². The molecule has 1 amide bonds. The fraction of sp³-hybridized carbons (Fsp3) is 0.500. The molecule has 1 saturated heterocycles. The summed E-state index contributed by atoms with van der Waals surface area (Å²) in [7, 11) is -4.14. The zero-order valence-electron chi connectivity index (χ0n) is 13.7. The second-order valence-electron chi connectivity index (χ2n) is 6.81. The van der Waals surface area contributed by atoms with Gasteiger partial charge in [0.1, 0.15) is 5.82 Å². The molecule has 0 radical (unpaired) electrons. The molecular weight excluding hydrogens is 411 g/mol. The van der Waals surface area contributed by atoms with Crippen LogP contribution in [0, 0.1) is 17.7 Å². The standard InChI is InChI=1S/C16H15ClF3NO5S/c17-12-3-8(18)1-2-13(12)27(25,26)9-4-10(11(5-9)15(23)24)14(22)21-6-16(19,20)7-21/h1-3,9-11H,4-7H2,(H,23,24)/t9-,10+,11+/m0/s1. The van der Waals surface area contributed by atoms with E-state index in [4.69, 9.17) is 11.6 Å². The van der Waals surface area contributed by atoms with E-state index in [9.17, 15) is 36.3 Å². The summed E-state index contributed by atoms with van der Waals surface area (Å²) in [6.45, 7) is -1.62. The predicted octanol–water partition coefficient (Wildman–Crippen LogP) is 2.21. The first-order chi connectivity index (χ1) is 12.4. The predicted molar refractivity (Wildman–Crippen MR) is 87.8 cm³/mol. The lowest BCUT2D eigenvalue weighted by Crippen LogP contribution is -2.60. The minimum absolute atomic E-state index is 0.325. The van der Waals surface area contributed by atoms with Crippen LogP contribution in [-0.4, -0.2) is 54.6 Å². The van der Waals surface area contributed by atoms with Crippen LogP contribution in [0.25, 0.3) is 0 Å². The molecule has 1 N–H and O–H groups in total. The number of rotatable bonds is 4. The minimum Gasteiger partial charge on any atom is -0.481 e. The van der Waals surface area contributed by atoms with Crippen LogP contribution in [0.5, 0.6) is 0 Å². The Morgan fingerprint density at radius 3 is 2.30 bits per heavy atom. The van der Waals surface area contributed by atoms with Crippen molar-refractivity contribution in [2.24, 2.45) is 11.8 Å². The summed E-state index contributed by atoms with van der Waals surface area (Å²) in [5.41, 5.74) is 0. The van der Waals surface area contributed by atoms with Crippen LogP contribution in [0.3, 0.4) is 0 Å². The first kappa shape index (κ1) is 19.9. The van der Waals surface area contributed by atoms with E-state index >= 15 is 0 Å². The van der Waals surface area contributed by atoms with Crippen molar-refractivity contribution in [3.8, 4) is 0 Å². The van der Waals surface area contributed by atoms with E-state index in [1.54, 1.807) is 0 Å². The normalized spacial score (nSPS) is 27.3. The van der Waals surface area contributed by atoms with Gasteiger partial charge in [0.25, 0.3) is 5.92 Å². The van der Waals surface area contributed by atoms with Crippen molar-refractivity contribution in [1.29, 1.82) is 0 Å². The van der Waals surface area contributed by atoms with Gasteiger partial charge in [0.05, 0.1) is 40.1 Å². The molecule has 0 spiro atoms. The molecule has 0 unspecified atom stereocenters. The van der Waals surface area contributed by atoms with Crippen molar-refractivity contribution in [1.82, 2.24) is 4.90 Å². The SMILES string of the molecule is O=C(O)[C@@H]1C[C@@H](S(=O)(=O)c2ccc(F)cc2Cl)C[C@H]1C(=O)N1CC(F)(F)C1. The van der Waals surface area contributed by atoms with Crippen molar-refractivity contribution >= 4 is 33.3 Å². The van der Waals surface area contributed by atoms with E-state index in [1.807, 2.05) is 0 Å². The van der Waals surface area contributed by atoms with E-state index in [0.717, 1.165) is 23.1 Å². The van der Waals surface area contributed by atoms with Gasteiger partial charge in [-0.25, -0.2) is 21.6 Å². The molecule has 1 aromatic carbocycles. The van der Waals surface area contributed by atoms with Crippen molar-refractivity contribution < 1.29 is 36.3 Å². The molecular formula is C16H15ClF3NO5S. The maximum absolute atomic E-state index is 13.2. The van der Waals surface area contributed by atoms with E-state index in [1.165, 1.54) is 0 Å². The monoisotopic (exact) mass is 425 g/mol. The maximum Gasteiger partial charge on any atom is 0.307 e. The lowest BCUT2D eigenvalue weighted by molar-refractivity contribution is -0.172. The van der Waals surface area contributed by atoms with Gasteiger partial charge >= 0.3 is 5.97 Å². The molecule has 2 aliphatic rings. The smallest absolute Gasteiger partial charge is 0.307 e. The Balaban J connectivity index is 1.86. The van der Waals surface area contributed by atoms with Gasteiger partial charge in [-0.05, 0) is 31.0 Å². The summed E-state index contributed by atoms with van der Waals surface area (Å²) < 4.78 is 64.8. The number of sulfone groups is 1. The topological polar surface area (TPSA) is 91.7 Å². The van der Waals surface area contributed by atoms with Gasteiger partial charge in [-0.3, -0.25) is 9.59 Å². The van der Waals surface area contributed by atoms with Crippen LogP contribution < -0.4 is 0 Å². The number of carboxylic acids is 1. The summed E-state index contributed by atoms with van der Waals surface area (Å²) >= 11 is 5.81. The van der Waals surface area contributed by atoms with E-state index in [0.29, 0.717) is 0 Å². The number of carbonyl (C=O) groups excluding carboxylic acids is 1. The molecule has 1 saturated carbocycles. The second-order valence-corrected chi connectivity index (χ2v) is 9.42. The quantitative estimate of drug-likeness (QED) is 0.747. The molecule has 11 heteroatoms. The molecule has 0 bridgehead atoms. The van der Waals surface area contributed by atoms with Gasteiger partial charge in [0.15, 0.2) is 9.84 Å². The molecule has 3 rings (SSSR count). The number of hydrogen-bond donors (Lipinski definition) is 1. The summed E-state index contributed by atoms with van der Waals surface area (Å²) in [6, 6.07) is 2.71. The molecule has 1 aliphatic carbocycles. The van der Waals surface area contributed by atoms with Gasteiger partial charge in [-0.1, -0.05) is 11.6 Å². The molecule has 1 aliphatic heterocycles. The maximum atomic E-state index is 13.2. The number of carbonyl (C=O) groups is 2. The third kappa shape index (κ3) is 3.64. The van der Waals surface area contributed by atoms with E-state index in [2.05, 4.69) is 0 Å². The molecule has 2 fully saturated rings. The lowest BCUT2D eigenvalue weighted by Gasteiger charge is -2.40. The van der Waals surface area contributed by atoms with E-state index < -0.39 is 63.6 Å². The molecule has 0 aromatic heterocycles. The average Bonchev–Trinajstić information content (AvgIpc) is 2.97. The number of carboxylic acid groups (broad SMARTS) is 1. The molecule has 1 aromatic rings. The zero-order valence-corrected chi connectivity index (χ0v) is 15.3. The fourth-order valence-corrected chi connectivity index (χ4v) is 5.94. The van der Waals surface area contributed by atoms with Crippen molar-refractivity contribution in [2.75, 3.05) is 13.1 Å². The molecule has 148 valence electrons. The van der Waals surface area contributed by atoms with Crippen LogP contribution in [-0.2, 0) is 19.4 Å². The van der Waals surface area contributed by atoms with Crippen molar-refractivity contribution in [3.05, 3.63) is 29.0 Å². The van der Waals surface area contributed by atoms with Crippen LogP contribution >= 0.6 is 11.6 Å². The Labute approximate surface area is 157 Å². The first-order valence-electron chi connectivity index (χ1n) is 8.01. The number of benzene rings is 1. The number of nitrogens with zero attached hydrogens (tertiary/aromatic N) is 1. The Bertz CT molecular complexity index is 899. The number of hydrogen-bond acceptors (Lipinski definition) is 4. The molecule has 27 heavy (non-hydrogen) atoms. The highest BCUT2D eigenvalue weighted by Crippen LogP contribution is 2.42. The lowest BCUT2D eigenvalue weighted by atomic mass is 9.93. The van der Waals surface area contributed by atoms with Gasteiger partial charge in [-0.15, -0.1) is 0 Å². The minimum atomic E-state index is -4.14. The number of aliphatic carboxylic acids is 1. The third-order valence-corrected chi connectivity index (χ3v) is 7.61. The highest BCUT2D eigenvalue weighted by molar-refractivity contribution is 7.92. The van der Waals surface area contributed by atoms with Crippen LogP contribution in [0.1, 0.15) is 12.8 Å². The largest absolute Gasteiger partial charge is 0.481 e. The number of halogens is 4. The zero-order chi connectivity index (χ0) is 20.1. The van der Waals surface area contributed by atoms with Gasteiger partial charge in [-0.2, -0.15) is 0 Å². The summed E-state index contributed by atoms with van der Waals surface area (Å²) in [6.07, 6.45) is -0.681. The van der Waals surface area contributed by atoms with Crippen LogP contribution in [0.4, 0.5) is 13.2 Å². The Morgan fingerprint density at radius 2 is 1.78 bits per heavy atom.